The molecule has 0 saturated carbocycles. The van der Waals surface area contributed by atoms with Gasteiger partial charge in [0, 0.05) is 30.4 Å². The Morgan fingerprint density at radius 1 is 1.35 bits per heavy atom. The van der Waals surface area contributed by atoms with Gasteiger partial charge in [-0.3, -0.25) is 9.48 Å². The molecule has 3 aromatic heterocycles. The molecule has 0 saturated heterocycles. The molecule has 0 aliphatic heterocycles. The lowest BCUT2D eigenvalue weighted by Gasteiger charge is -2.13. The number of carbonyl (C=O) groups is 1. The quantitative estimate of drug-likeness (QED) is 0.668. The Labute approximate surface area is 156 Å². The van der Waals surface area contributed by atoms with E-state index >= 15 is 0 Å². The number of rotatable bonds is 7. The molecule has 8 heteroatoms. The lowest BCUT2D eigenvalue weighted by atomic mass is 10.2. The highest BCUT2D eigenvalue weighted by Gasteiger charge is 2.10. The summed E-state index contributed by atoms with van der Waals surface area (Å²) in [5.74, 6) is 0.558. The van der Waals surface area contributed by atoms with Crippen molar-refractivity contribution in [2.45, 2.75) is 32.9 Å². The highest BCUT2D eigenvalue weighted by molar-refractivity contribution is 7.09. The molecular weight excluding hydrogens is 348 g/mol. The Kier molecular flexibility index (Phi) is 5.62. The maximum Gasteiger partial charge on any atom is 0.253 e. The van der Waals surface area contributed by atoms with Gasteiger partial charge in [-0.05, 0) is 25.5 Å². The largest absolute Gasteiger partial charge is 0.363 e. The Balaban J connectivity index is 1.55. The van der Waals surface area contributed by atoms with Crippen molar-refractivity contribution in [2.24, 2.45) is 7.05 Å². The number of pyridine rings is 1. The molecule has 0 fully saturated rings. The van der Waals surface area contributed by atoms with Crippen LogP contribution in [-0.2, 0) is 20.0 Å². The van der Waals surface area contributed by atoms with Gasteiger partial charge < -0.3 is 10.6 Å². The summed E-state index contributed by atoms with van der Waals surface area (Å²) in [6.45, 7) is 4.53. The van der Waals surface area contributed by atoms with Gasteiger partial charge in [0.1, 0.15) is 10.8 Å². The van der Waals surface area contributed by atoms with Gasteiger partial charge in [-0.15, -0.1) is 11.3 Å². The zero-order chi connectivity index (χ0) is 18.5. The standard InChI is InChI=1S/C18H22N6OS/c1-4-15-11-26-17(23-15)9-20-18(25)13-5-6-16(19-7-13)22-12(2)14-8-21-24(3)10-14/h5-8,10-12H,4,9H2,1-3H3,(H,19,22)(H,20,25)/t12-/m0/s1. The lowest BCUT2D eigenvalue weighted by molar-refractivity contribution is 0.0950. The van der Waals surface area contributed by atoms with Crippen LogP contribution in [0.3, 0.4) is 0 Å². The molecule has 3 aromatic rings. The molecular formula is C18H22N6OS. The second-order valence-corrected chi connectivity index (χ2v) is 6.96. The lowest BCUT2D eigenvalue weighted by Crippen LogP contribution is -2.23. The topological polar surface area (TPSA) is 84.7 Å². The van der Waals surface area contributed by atoms with E-state index < -0.39 is 0 Å². The molecule has 7 nitrogen and oxygen atoms in total. The van der Waals surface area contributed by atoms with Crippen LogP contribution in [0, 0.1) is 0 Å². The molecule has 0 aliphatic rings. The van der Waals surface area contributed by atoms with Gasteiger partial charge in [-0.25, -0.2) is 9.97 Å². The molecule has 1 amide bonds. The number of nitrogens with zero attached hydrogens (tertiary/aromatic N) is 4. The van der Waals surface area contributed by atoms with E-state index in [1.54, 1.807) is 34.3 Å². The minimum absolute atomic E-state index is 0.0774. The summed E-state index contributed by atoms with van der Waals surface area (Å²) in [7, 11) is 1.89. The van der Waals surface area contributed by atoms with Crippen LogP contribution in [0.15, 0.2) is 36.1 Å². The van der Waals surface area contributed by atoms with Crippen LogP contribution in [0.5, 0.6) is 0 Å². The van der Waals surface area contributed by atoms with E-state index in [0.717, 1.165) is 22.7 Å². The average molecular weight is 370 g/mol. The second-order valence-electron chi connectivity index (χ2n) is 6.01. The number of hydrogen-bond donors (Lipinski definition) is 2. The summed E-state index contributed by atoms with van der Waals surface area (Å²) in [5, 5.41) is 13.3. The first-order valence-corrected chi connectivity index (χ1v) is 9.35. The maximum atomic E-state index is 12.2. The second kappa shape index (κ2) is 8.09. The number of aryl methyl sites for hydroxylation is 2. The van der Waals surface area contributed by atoms with Crippen LogP contribution in [0.25, 0.3) is 0 Å². The van der Waals surface area contributed by atoms with Crippen molar-refractivity contribution in [1.29, 1.82) is 0 Å². The molecule has 0 radical (unpaired) electrons. The third kappa shape index (κ3) is 4.45. The minimum Gasteiger partial charge on any atom is -0.363 e. The van der Waals surface area contributed by atoms with Crippen LogP contribution >= 0.6 is 11.3 Å². The molecule has 0 aromatic carbocycles. The van der Waals surface area contributed by atoms with E-state index in [0.29, 0.717) is 17.9 Å². The van der Waals surface area contributed by atoms with Crippen LogP contribution in [0.1, 0.15) is 46.5 Å². The number of thiazole rings is 1. The molecule has 0 aliphatic carbocycles. The van der Waals surface area contributed by atoms with E-state index in [4.69, 9.17) is 0 Å². The van der Waals surface area contributed by atoms with Gasteiger partial charge >= 0.3 is 0 Å². The molecule has 0 spiro atoms. The maximum absolute atomic E-state index is 12.2. The normalized spacial score (nSPS) is 12.0. The number of nitrogens with one attached hydrogen (secondary N) is 2. The predicted molar refractivity (Wildman–Crippen MR) is 102 cm³/mol. The van der Waals surface area contributed by atoms with Crippen LogP contribution in [0.2, 0.25) is 0 Å². The van der Waals surface area contributed by atoms with Gasteiger partial charge in [-0.2, -0.15) is 5.10 Å². The Bertz CT molecular complexity index is 870. The van der Waals surface area contributed by atoms with Gasteiger partial charge in [-0.1, -0.05) is 6.92 Å². The molecule has 136 valence electrons. The number of hydrogen-bond acceptors (Lipinski definition) is 6. The molecule has 2 N–H and O–H groups in total. The highest BCUT2D eigenvalue weighted by Crippen LogP contribution is 2.17. The molecule has 1 atom stereocenters. The summed E-state index contributed by atoms with van der Waals surface area (Å²) in [6, 6.07) is 3.65. The van der Waals surface area contributed by atoms with E-state index in [1.165, 1.54) is 0 Å². The third-order valence-corrected chi connectivity index (χ3v) is 4.87. The fourth-order valence-electron chi connectivity index (χ4n) is 2.43. The fraction of sp³-hybridized carbons (Fsp3) is 0.333. The molecule has 3 heterocycles. The van der Waals surface area contributed by atoms with Gasteiger partial charge in [0.15, 0.2) is 0 Å². The number of carbonyl (C=O) groups excluding carboxylic acids is 1. The predicted octanol–water partition coefficient (Wildman–Crippen LogP) is 2.94. The summed E-state index contributed by atoms with van der Waals surface area (Å²) in [5.41, 5.74) is 2.65. The van der Waals surface area contributed by atoms with E-state index in [1.807, 2.05) is 31.7 Å². The first kappa shape index (κ1) is 18.1. The summed E-state index contributed by atoms with van der Waals surface area (Å²) >= 11 is 1.56. The van der Waals surface area contributed by atoms with Crippen LogP contribution in [0.4, 0.5) is 5.82 Å². The van der Waals surface area contributed by atoms with Crippen molar-refractivity contribution in [3.05, 3.63) is 57.9 Å². The molecule has 3 rings (SSSR count). The molecule has 0 bridgehead atoms. The minimum atomic E-state index is -0.155. The summed E-state index contributed by atoms with van der Waals surface area (Å²) in [4.78, 5) is 21.0. The van der Waals surface area contributed by atoms with Crippen LogP contribution in [-0.4, -0.2) is 25.7 Å². The van der Waals surface area contributed by atoms with Crippen molar-refractivity contribution in [1.82, 2.24) is 25.1 Å². The van der Waals surface area contributed by atoms with Crippen LogP contribution < -0.4 is 10.6 Å². The highest BCUT2D eigenvalue weighted by atomic mass is 32.1. The van der Waals surface area contributed by atoms with Gasteiger partial charge in [0.25, 0.3) is 5.91 Å². The van der Waals surface area contributed by atoms with Gasteiger partial charge in [0.05, 0.1) is 30.0 Å². The van der Waals surface area contributed by atoms with Gasteiger partial charge in [0.2, 0.25) is 0 Å². The number of anilines is 1. The van der Waals surface area contributed by atoms with Crippen molar-refractivity contribution < 1.29 is 4.79 Å². The summed E-state index contributed by atoms with van der Waals surface area (Å²) in [6.07, 6.45) is 6.26. The summed E-state index contributed by atoms with van der Waals surface area (Å²) < 4.78 is 1.76. The smallest absolute Gasteiger partial charge is 0.253 e. The first-order valence-electron chi connectivity index (χ1n) is 8.47. The molecule has 0 unspecified atom stereocenters. The fourth-order valence-corrected chi connectivity index (χ4v) is 3.25. The zero-order valence-electron chi connectivity index (χ0n) is 15.1. The zero-order valence-corrected chi connectivity index (χ0v) is 15.9. The first-order chi connectivity index (χ1) is 12.5. The van der Waals surface area contributed by atoms with Crippen molar-refractivity contribution in [3.8, 4) is 0 Å². The SMILES string of the molecule is CCc1csc(CNC(=O)c2ccc(N[C@@H](C)c3cnn(C)c3)nc2)n1. The van der Waals surface area contributed by atoms with Crippen molar-refractivity contribution >= 4 is 23.1 Å². The monoisotopic (exact) mass is 370 g/mol. The Morgan fingerprint density at radius 3 is 2.81 bits per heavy atom. The van der Waals surface area contributed by atoms with E-state index in [2.05, 4.69) is 32.6 Å². The Morgan fingerprint density at radius 2 is 2.19 bits per heavy atom. The number of aromatic nitrogens is 4. The Hall–Kier alpha value is -2.74. The van der Waals surface area contributed by atoms with E-state index in [9.17, 15) is 4.79 Å². The number of amides is 1. The third-order valence-electron chi connectivity index (χ3n) is 3.98. The van der Waals surface area contributed by atoms with Crippen molar-refractivity contribution in [3.63, 3.8) is 0 Å². The van der Waals surface area contributed by atoms with E-state index in [-0.39, 0.29) is 11.9 Å². The molecule has 26 heavy (non-hydrogen) atoms. The van der Waals surface area contributed by atoms with Crippen molar-refractivity contribution in [2.75, 3.05) is 5.32 Å². The average Bonchev–Trinajstić information content (AvgIpc) is 3.29.